The summed E-state index contributed by atoms with van der Waals surface area (Å²) in [6, 6.07) is 13.0. The van der Waals surface area contributed by atoms with Gasteiger partial charge in [-0.3, -0.25) is 4.90 Å². The van der Waals surface area contributed by atoms with Crippen molar-refractivity contribution < 1.29 is 14.6 Å². The van der Waals surface area contributed by atoms with Gasteiger partial charge in [-0.15, -0.1) is 0 Å². The van der Waals surface area contributed by atoms with E-state index < -0.39 is 0 Å². The van der Waals surface area contributed by atoms with Crippen LogP contribution in [0.5, 0.6) is 17.2 Å². The molecule has 154 valence electrons. The summed E-state index contributed by atoms with van der Waals surface area (Å²) >= 11 is 0. The van der Waals surface area contributed by atoms with E-state index in [9.17, 15) is 5.11 Å². The number of piperazine rings is 1. The van der Waals surface area contributed by atoms with Gasteiger partial charge in [-0.05, 0) is 29.8 Å². The van der Waals surface area contributed by atoms with Crippen LogP contribution < -0.4 is 20.1 Å². The maximum Gasteiger partial charge on any atom is 0.231 e. The Morgan fingerprint density at radius 1 is 0.933 bits per heavy atom. The highest BCUT2D eigenvalue weighted by molar-refractivity contribution is 5.65. The molecule has 2 aliphatic heterocycles. The largest absolute Gasteiger partial charge is 0.507 e. The first-order valence-electron chi connectivity index (χ1n) is 9.81. The summed E-state index contributed by atoms with van der Waals surface area (Å²) in [6.45, 7) is 4.41. The lowest BCUT2D eigenvalue weighted by molar-refractivity contribution is 0.174. The third-order valence-corrected chi connectivity index (χ3v) is 5.28. The van der Waals surface area contributed by atoms with Crippen LogP contribution in [0.2, 0.25) is 0 Å². The molecule has 0 spiro atoms. The number of aromatic nitrogens is 3. The number of ether oxygens (including phenoxy) is 2. The van der Waals surface area contributed by atoms with Crippen LogP contribution >= 0.6 is 0 Å². The molecule has 3 N–H and O–H groups in total. The van der Waals surface area contributed by atoms with E-state index in [1.165, 1.54) is 5.56 Å². The van der Waals surface area contributed by atoms with E-state index in [4.69, 9.17) is 15.2 Å². The number of nitrogen functional groups attached to an aromatic ring is 1. The van der Waals surface area contributed by atoms with Crippen LogP contribution in [0.4, 0.5) is 11.9 Å². The standard InChI is InChI=1S/C21H22N6O3/c22-20-23-19(15-3-1-2-4-16(15)28)24-21(25-20)27-9-7-26(8-10-27)12-14-5-6-17-18(11-14)30-13-29-17/h1-6,11,28H,7-10,12-13H2,(H2,22,23,24,25). The van der Waals surface area contributed by atoms with E-state index in [1.807, 2.05) is 18.2 Å². The number of hydrogen-bond acceptors (Lipinski definition) is 9. The molecule has 30 heavy (non-hydrogen) atoms. The Labute approximate surface area is 173 Å². The topological polar surface area (TPSA) is 110 Å². The number of anilines is 2. The van der Waals surface area contributed by atoms with Gasteiger partial charge in [-0.2, -0.15) is 15.0 Å². The molecule has 3 aromatic rings. The summed E-state index contributed by atoms with van der Waals surface area (Å²) in [5.74, 6) is 2.77. The summed E-state index contributed by atoms with van der Waals surface area (Å²) in [6.07, 6.45) is 0. The molecule has 1 saturated heterocycles. The van der Waals surface area contributed by atoms with Crippen molar-refractivity contribution in [1.82, 2.24) is 19.9 Å². The highest BCUT2D eigenvalue weighted by atomic mass is 16.7. The predicted molar refractivity (Wildman–Crippen MR) is 111 cm³/mol. The average Bonchev–Trinajstić information content (AvgIpc) is 3.22. The summed E-state index contributed by atoms with van der Waals surface area (Å²) in [5.41, 5.74) is 7.65. The number of benzene rings is 2. The number of phenolic OH excluding ortho intramolecular Hbond substituents is 1. The molecule has 0 radical (unpaired) electrons. The van der Waals surface area contributed by atoms with Crippen LogP contribution in [0.3, 0.4) is 0 Å². The van der Waals surface area contributed by atoms with E-state index >= 15 is 0 Å². The molecule has 3 heterocycles. The van der Waals surface area contributed by atoms with Crippen molar-refractivity contribution in [3.05, 3.63) is 48.0 Å². The molecule has 0 atom stereocenters. The van der Waals surface area contributed by atoms with Crippen molar-refractivity contribution >= 4 is 11.9 Å². The van der Waals surface area contributed by atoms with E-state index in [2.05, 4.69) is 30.8 Å². The summed E-state index contributed by atoms with van der Waals surface area (Å²) in [5, 5.41) is 10.1. The van der Waals surface area contributed by atoms with Crippen molar-refractivity contribution in [2.75, 3.05) is 43.6 Å². The van der Waals surface area contributed by atoms with Gasteiger partial charge in [0.25, 0.3) is 0 Å². The monoisotopic (exact) mass is 406 g/mol. The van der Waals surface area contributed by atoms with Gasteiger partial charge < -0.3 is 25.2 Å². The van der Waals surface area contributed by atoms with Crippen LogP contribution in [0.15, 0.2) is 42.5 Å². The predicted octanol–water partition coefficient (Wildman–Crippen LogP) is 1.88. The van der Waals surface area contributed by atoms with E-state index in [0.717, 1.165) is 44.2 Å². The third kappa shape index (κ3) is 3.67. The van der Waals surface area contributed by atoms with E-state index in [0.29, 0.717) is 17.3 Å². The van der Waals surface area contributed by atoms with Crippen LogP contribution in [0.1, 0.15) is 5.56 Å². The second-order valence-corrected chi connectivity index (χ2v) is 7.29. The van der Waals surface area contributed by atoms with Crippen LogP contribution in [0, 0.1) is 0 Å². The summed E-state index contributed by atoms with van der Waals surface area (Å²) < 4.78 is 10.8. The molecular formula is C21H22N6O3. The second-order valence-electron chi connectivity index (χ2n) is 7.29. The lowest BCUT2D eigenvalue weighted by atomic mass is 10.1. The summed E-state index contributed by atoms with van der Waals surface area (Å²) in [4.78, 5) is 17.5. The number of rotatable bonds is 4. The maximum absolute atomic E-state index is 10.1. The Morgan fingerprint density at radius 3 is 2.57 bits per heavy atom. The van der Waals surface area contributed by atoms with Crippen molar-refractivity contribution in [2.24, 2.45) is 0 Å². The van der Waals surface area contributed by atoms with Gasteiger partial charge >= 0.3 is 0 Å². The molecular weight excluding hydrogens is 384 g/mol. The number of hydrogen-bond donors (Lipinski definition) is 2. The molecule has 0 aliphatic carbocycles. The number of para-hydroxylation sites is 1. The number of fused-ring (bicyclic) bond motifs is 1. The van der Waals surface area contributed by atoms with Crippen LogP contribution in [-0.2, 0) is 6.54 Å². The zero-order valence-corrected chi connectivity index (χ0v) is 16.4. The van der Waals surface area contributed by atoms with Crippen molar-refractivity contribution in [3.63, 3.8) is 0 Å². The molecule has 1 fully saturated rings. The Balaban J connectivity index is 1.27. The molecule has 0 amide bonds. The zero-order chi connectivity index (χ0) is 20.5. The van der Waals surface area contributed by atoms with Gasteiger partial charge in [0.2, 0.25) is 18.7 Å². The third-order valence-electron chi connectivity index (χ3n) is 5.28. The first kappa shape index (κ1) is 18.4. The van der Waals surface area contributed by atoms with Crippen LogP contribution in [-0.4, -0.2) is 57.9 Å². The van der Waals surface area contributed by atoms with Gasteiger partial charge in [0, 0.05) is 32.7 Å². The van der Waals surface area contributed by atoms with Gasteiger partial charge in [0.05, 0.1) is 5.56 Å². The van der Waals surface area contributed by atoms with Gasteiger partial charge in [-0.1, -0.05) is 18.2 Å². The minimum atomic E-state index is 0.114. The summed E-state index contributed by atoms with van der Waals surface area (Å²) in [7, 11) is 0. The molecule has 2 aromatic carbocycles. The smallest absolute Gasteiger partial charge is 0.231 e. The van der Waals surface area contributed by atoms with E-state index in [1.54, 1.807) is 18.2 Å². The molecule has 0 unspecified atom stereocenters. The molecule has 5 rings (SSSR count). The number of aromatic hydroxyl groups is 1. The van der Waals surface area contributed by atoms with Gasteiger partial charge in [0.15, 0.2) is 17.3 Å². The lowest BCUT2D eigenvalue weighted by Gasteiger charge is -2.34. The fourth-order valence-electron chi connectivity index (χ4n) is 3.71. The zero-order valence-electron chi connectivity index (χ0n) is 16.4. The number of nitrogens with zero attached hydrogens (tertiary/aromatic N) is 5. The molecule has 9 heteroatoms. The van der Waals surface area contributed by atoms with Crippen LogP contribution in [0.25, 0.3) is 11.4 Å². The van der Waals surface area contributed by atoms with Crippen molar-refractivity contribution in [3.8, 4) is 28.6 Å². The first-order valence-corrected chi connectivity index (χ1v) is 9.81. The van der Waals surface area contributed by atoms with Gasteiger partial charge in [0.1, 0.15) is 5.75 Å². The molecule has 0 saturated carbocycles. The maximum atomic E-state index is 10.1. The van der Waals surface area contributed by atoms with Gasteiger partial charge in [-0.25, -0.2) is 0 Å². The Morgan fingerprint density at radius 2 is 1.73 bits per heavy atom. The molecule has 1 aromatic heterocycles. The second kappa shape index (κ2) is 7.68. The highest BCUT2D eigenvalue weighted by Gasteiger charge is 2.22. The fourth-order valence-corrected chi connectivity index (χ4v) is 3.71. The highest BCUT2D eigenvalue weighted by Crippen LogP contribution is 2.33. The lowest BCUT2D eigenvalue weighted by Crippen LogP contribution is -2.46. The molecule has 2 aliphatic rings. The SMILES string of the molecule is Nc1nc(-c2ccccc2O)nc(N2CCN(Cc3ccc4c(c3)OCO4)CC2)n1. The Bertz CT molecular complexity index is 1070. The molecule has 0 bridgehead atoms. The van der Waals surface area contributed by atoms with E-state index in [-0.39, 0.29) is 18.5 Å². The fraction of sp³-hybridized carbons (Fsp3) is 0.286. The minimum absolute atomic E-state index is 0.114. The quantitative estimate of drug-likeness (QED) is 0.671. The van der Waals surface area contributed by atoms with Crippen molar-refractivity contribution in [1.29, 1.82) is 0 Å². The minimum Gasteiger partial charge on any atom is -0.507 e. The number of phenols is 1. The average molecular weight is 406 g/mol. The van der Waals surface area contributed by atoms with Crippen molar-refractivity contribution in [2.45, 2.75) is 6.54 Å². The first-order chi connectivity index (χ1) is 14.7. The molecule has 9 nitrogen and oxygen atoms in total. The Kier molecular flexibility index (Phi) is 4.72. The Hall–Kier alpha value is -3.59. The normalized spacial score (nSPS) is 16.1. The number of nitrogens with two attached hydrogens (primary N) is 1.